The van der Waals surface area contributed by atoms with Gasteiger partial charge in [-0.25, -0.2) is 0 Å². The van der Waals surface area contributed by atoms with Crippen LogP contribution >= 0.6 is 24.0 Å². The molecule has 0 saturated carbocycles. The topological polar surface area (TPSA) is 22.1 Å². The van der Waals surface area contributed by atoms with Gasteiger partial charge in [-0.15, -0.1) is 12.4 Å². The maximum absolute atomic E-state index is 6.11. The number of fused-ring (bicyclic) bond motifs is 1. The molecule has 0 fully saturated rings. The second-order valence-corrected chi connectivity index (χ2v) is 5.58. The van der Waals surface area contributed by atoms with E-state index in [1.54, 1.807) is 12.4 Å². The van der Waals surface area contributed by atoms with Crippen molar-refractivity contribution in [3.63, 3.8) is 0 Å². The van der Waals surface area contributed by atoms with Crippen molar-refractivity contribution in [1.82, 2.24) is 4.98 Å². The third-order valence-corrected chi connectivity index (χ3v) is 3.32. The maximum atomic E-state index is 6.11. The van der Waals surface area contributed by atoms with Gasteiger partial charge < -0.3 is 4.74 Å². The number of hydrogen-bond acceptors (Lipinski definition) is 2. The third-order valence-electron chi connectivity index (χ3n) is 3.09. The summed E-state index contributed by atoms with van der Waals surface area (Å²) >= 11 is 6.11. The van der Waals surface area contributed by atoms with Gasteiger partial charge in [-0.05, 0) is 61.4 Å². The first-order chi connectivity index (χ1) is 9.05. The van der Waals surface area contributed by atoms with Crippen LogP contribution in [0.2, 0.25) is 5.02 Å². The summed E-state index contributed by atoms with van der Waals surface area (Å²) in [4.78, 5) is 4.07. The van der Waals surface area contributed by atoms with Crippen LogP contribution in [0.25, 0.3) is 5.57 Å². The first-order valence-corrected chi connectivity index (χ1v) is 6.55. The molecule has 2 heterocycles. The lowest BCUT2D eigenvalue weighted by Crippen LogP contribution is -2.29. The van der Waals surface area contributed by atoms with Crippen LogP contribution in [0.15, 0.2) is 48.8 Å². The smallest absolute Gasteiger partial charge is 0.128 e. The number of pyridine rings is 1. The van der Waals surface area contributed by atoms with Crippen LogP contribution in [0.5, 0.6) is 5.75 Å². The van der Waals surface area contributed by atoms with E-state index < -0.39 is 0 Å². The van der Waals surface area contributed by atoms with Gasteiger partial charge in [0.1, 0.15) is 11.4 Å². The lowest BCUT2D eigenvalue weighted by atomic mass is 9.90. The van der Waals surface area contributed by atoms with E-state index in [4.69, 9.17) is 16.3 Å². The van der Waals surface area contributed by atoms with Crippen LogP contribution in [-0.2, 0) is 0 Å². The number of hydrogen-bond donors (Lipinski definition) is 0. The lowest BCUT2D eigenvalue weighted by Gasteiger charge is -2.31. The predicted octanol–water partition coefficient (Wildman–Crippen LogP) is 4.76. The van der Waals surface area contributed by atoms with Gasteiger partial charge >= 0.3 is 0 Å². The van der Waals surface area contributed by atoms with Gasteiger partial charge in [0, 0.05) is 23.0 Å². The monoisotopic (exact) mass is 307 g/mol. The van der Waals surface area contributed by atoms with Crippen molar-refractivity contribution in [2.24, 2.45) is 0 Å². The highest BCUT2D eigenvalue weighted by atomic mass is 35.5. The molecule has 1 aliphatic rings. The van der Waals surface area contributed by atoms with Gasteiger partial charge in [0.05, 0.1) is 0 Å². The average molecular weight is 308 g/mol. The third kappa shape index (κ3) is 2.82. The fraction of sp³-hybridized carbons (Fsp3) is 0.188. The Balaban J connectivity index is 0.00000147. The molecule has 0 N–H and O–H groups in total. The number of rotatable bonds is 1. The van der Waals surface area contributed by atoms with E-state index in [0.717, 1.165) is 22.4 Å². The van der Waals surface area contributed by atoms with Crippen molar-refractivity contribution in [2.45, 2.75) is 19.4 Å². The zero-order valence-corrected chi connectivity index (χ0v) is 12.8. The number of benzene rings is 1. The van der Waals surface area contributed by atoms with Gasteiger partial charge in [-0.3, -0.25) is 4.98 Å². The molecule has 2 aromatic rings. The Labute approximate surface area is 129 Å². The van der Waals surface area contributed by atoms with Gasteiger partial charge in [-0.2, -0.15) is 0 Å². The largest absolute Gasteiger partial charge is 0.483 e. The van der Waals surface area contributed by atoms with Crippen molar-refractivity contribution >= 4 is 29.6 Å². The minimum absolute atomic E-state index is 0. The summed E-state index contributed by atoms with van der Waals surface area (Å²) in [5.74, 6) is 0.865. The Hall–Kier alpha value is -1.51. The van der Waals surface area contributed by atoms with Crippen molar-refractivity contribution in [2.75, 3.05) is 0 Å². The minimum atomic E-state index is -0.334. The average Bonchev–Trinajstić information content (AvgIpc) is 2.39. The van der Waals surface area contributed by atoms with Gasteiger partial charge in [0.25, 0.3) is 0 Å². The van der Waals surface area contributed by atoms with Crippen LogP contribution in [0, 0.1) is 0 Å². The maximum Gasteiger partial charge on any atom is 0.128 e. The number of nitrogens with zero attached hydrogens (tertiary/aromatic N) is 1. The summed E-state index contributed by atoms with van der Waals surface area (Å²) in [7, 11) is 0. The summed E-state index contributed by atoms with van der Waals surface area (Å²) in [6.45, 7) is 4.09. The first kappa shape index (κ1) is 14.9. The number of halogens is 2. The zero-order valence-electron chi connectivity index (χ0n) is 11.3. The van der Waals surface area contributed by atoms with E-state index in [-0.39, 0.29) is 18.0 Å². The second kappa shape index (κ2) is 5.47. The normalized spacial score (nSPS) is 15.4. The molecule has 0 atom stereocenters. The van der Waals surface area contributed by atoms with E-state index in [9.17, 15) is 0 Å². The van der Waals surface area contributed by atoms with Crippen molar-refractivity contribution < 1.29 is 4.74 Å². The van der Waals surface area contributed by atoms with Gasteiger partial charge in [-0.1, -0.05) is 11.6 Å². The molecule has 0 unspecified atom stereocenters. The van der Waals surface area contributed by atoms with E-state index >= 15 is 0 Å². The van der Waals surface area contributed by atoms with E-state index in [1.807, 2.05) is 44.2 Å². The van der Waals surface area contributed by atoms with E-state index in [1.165, 1.54) is 0 Å². The number of aromatic nitrogens is 1. The Bertz CT molecular complexity index is 651. The summed E-state index contributed by atoms with van der Waals surface area (Å²) in [6, 6.07) is 9.72. The molecule has 1 aliphatic heterocycles. The van der Waals surface area contributed by atoms with Crippen molar-refractivity contribution in [3.05, 3.63) is 65.0 Å². The highest BCUT2D eigenvalue weighted by Crippen LogP contribution is 2.40. The van der Waals surface area contributed by atoms with Crippen LogP contribution in [0.3, 0.4) is 0 Å². The standard InChI is InChI=1S/C16H14ClNO.ClH/c1-16(2)10-14(11-5-7-18-8-6-11)13-9-12(17)3-4-15(13)19-16;/h3-10H,1-2H3;1H. The Morgan fingerprint density at radius 1 is 1.10 bits per heavy atom. The summed E-state index contributed by atoms with van der Waals surface area (Å²) in [6.07, 6.45) is 5.71. The molecule has 0 amide bonds. The van der Waals surface area contributed by atoms with Crippen molar-refractivity contribution in [1.29, 1.82) is 0 Å². The molecule has 1 aromatic heterocycles. The molecule has 0 bridgehead atoms. The highest BCUT2D eigenvalue weighted by molar-refractivity contribution is 6.30. The van der Waals surface area contributed by atoms with Crippen LogP contribution in [0.1, 0.15) is 25.0 Å². The van der Waals surface area contributed by atoms with E-state index in [2.05, 4.69) is 11.1 Å². The van der Waals surface area contributed by atoms with Crippen LogP contribution in [0.4, 0.5) is 0 Å². The molecule has 0 saturated heterocycles. The number of ether oxygens (including phenoxy) is 1. The molecular weight excluding hydrogens is 293 g/mol. The SMILES string of the molecule is CC1(C)C=C(c2ccncc2)c2cc(Cl)ccc2O1.Cl. The molecule has 2 nitrogen and oxygen atoms in total. The fourth-order valence-electron chi connectivity index (χ4n) is 2.31. The lowest BCUT2D eigenvalue weighted by molar-refractivity contribution is 0.158. The molecule has 20 heavy (non-hydrogen) atoms. The highest BCUT2D eigenvalue weighted by Gasteiger charge is 2.27. The molecule has 0 spiro atoms. The molecule has 4 heteroatoms. The fourth-order valence-corrected chi connectivity index (χ4v) is 2.48. The molecule has 104 valence electrons. The van der Waals surface area contributed by atoms with Gasteiger partial charge in [0.2, 0.25) is 0 Å². The summed E-state index contributed by atoms with van der Waals surface area (Å²) in [5, 5.41) is 0.710. The minimum Gasteiger partial charge on any atom is -0.483 e. The van der Waals surface area contributed by atoms with Crippen molar-refractivity contribution in [3.8, 4) is 5.75 Å². The molecule has 1 aromatic carbocycles. The summed E-state index contributed by atoms with van der Waals surface area (Å²) < 4.78 is 5.98. The second-order valence-electron chi connectivity index (χ2n) is 5.14. The molecule has 0 aliphatic carbocycles. The predicted molar refractivity (Wildman–Crippen MR) is 84.7 cm³/mol. The van der Waals surface area contributed by atoms with Crippen LogP contribution in [-0.4, -0.2) is 10.6 Å². The Morgan fingerprint density at radius 2 is 1.80 bits per heavy atom. The van der Waals surface area contributed by atoms with Crippen LogP contribution < -0.4 is 4.74 Å². The van der Waals surface area contributed by atoms with Gasteiger partial charge in [0.15, 0.2) is 0 Å². The molecule has 0 radical (unpaired) electrons. The zero-order chi connectivity index (χ0) is 13.5. The summed E-state index contributed by atoms with van der Waals surface area (Å²) in [5.41, 5.74) is 2.95. The Morgan fingerprint density at radius 3 is 2.50 bits per heavy atom. The molecule has 3 rings (SSSR count). The quantitative estimate of drug-likeness (QED) is 0.758. The Kier molecular flexibility index (Phi) is 4.07. The van der Waals surface area contributed by atoms with E-state index in [0.29, 0.717) is 5.02 Å². The molecular formula is C16H15Cl2NO. The first-order valence-electron chi connectivity index (χ1n) is 6.17.